The normalized spacial score (nSPS) is 18.0. The molecule has 1 N–H and O–H groups in total. The monoisotopic (exact) mass is 542 g/mol. The van der Waals surface area contributed by atoms with E-state index in [1.807, 2.05) is 6.92 Å². The van der Waals surface area contributed by atoms with Crippen molar-refractivity contribution in [1.29, 1.82) is 0 Å². The average molecular weight is 543 g/mol. The predicted molar refractivity (Wildman–Crippen MR) is 125 cm³/mol. The van der Waals surface area contributed by atoms with Crippen LogP contribution in [0.4, 0.5) is 27.6 Å². The van der Waals surface area contributed by atoms with Gasteiger partial charge >= 0.3 is 6.18 Å². The van der Waals surface area contributed by atoms with Crippen molar-refractivity contribution >= 4 is 23.1 Å². The number of ether oxygens (including phenoxy) is 1. The van der Waals surface area contributed by atoms with Crippen LogP contribution in [0.5, 0.6) is 5.88 Å². The highest BCUT2D eigenvalue weighted by Gasteiger charge is 2.46. The number of anilines is 1. The van der Waals surface area contributed by atoms with Crippen LogP contribution in [0.25, 0.3) is 0 Å². The van der Waals surface area contributed by atoms with Gasteiger partial charge in [-0.1, -0.05) is 6.92 Å². The fourth-order valence-corrected chi connectivity index (χ4v) is 4.74. The van der Waals surface area contributed by atoms with E-state index >= 15 is 0 Å². The minimum Gasteiger partial charge on any atom is -0.468 e. The molecule has 4 heterocycles. The molecule has 0 bridgehead atoms. The number of rotatable bonds is 7. The number of nitrogens with one attached hydrogen (secondary N) is 1. The van der Waals surface area contributed by atoms with E-state index in [1.165, 1.54) is 18.3 Å². The van der Waals surface area contributed by atoms with Crippen LogP contribution in [0.2, 0.25) is 0 Å². The number of aryl methyl sites for hydroxylation is 1. The first kappa shape index (κ1) is 26.8. The average Bonchev–Trinajstić information content (AvgIpc) is 3.20. The maximum absolute atomic E-state index is 14.4. The fraction of sp³-hybridized carbons (Fsp3) is 0.435. The zero-order valence-corrected chi connectivity index (χ0v) is 20.7. The highest BCUT2D eigenvalue weighted by atomic mass is 32.1. The molecule has 1 unspecified atom stereocenters. The first-order chi connectivity index (χ1) is 17.5. The van der Waals surface area contributed by atoms with Crippen LogP contribution >= 0.6 is 11.5 Å². The molecule has 1 amide bonds. The zero-order chi connectivity index (χ0) is 26.8. The van der Waals surface area contributed by atoms with Crippen LogP contribution in [0, 0.1) is 6.92 Å². The Morgan fingerprint density at radius 2 is 2.00 bits per heavy atom. The summed E-state index contributed by atoms with van der Waals surface area (Å²) in [5, 5.41) is 2.67. The molecule has 14 heteroatoms. The third-order valence-corrected chi connectivity index (χ3v) is 6.75. The van der Waals surface area contributed by atoms with Crippen molar-refractivity contribution in [3.63, 3.8) is 0 Å². The fourth-order valence-electron chi connectivity index (χ4n) is 3.85. The van der Waals surface area contributed by atoms with E-state index in [-0.39, 0.29) is 36.5 Å². The minimum absolute atomic E-state index is 0.0163. The van der Waals surface area contributed by atoms with Gasteiger partial charge in [0.2, 0.25) is 5.88 Å². The van der Waals surface area contributed by atoms with Gasteiger partial charge < -0.3 is 10.1 Å². The van der Waals surface area contributed by atoms with Crippen molar-refractivity contribution in [3.05, 3.63) is 58.2 Å². The number of aromatic nitrogens is 4. The van der Waals surface area contributed by atoms with Crippen LogP contribution < -0.4 is 10.1 Å². The number of nitrogens with zero attached hydrogens (tertiary/aromatic N) is 5. The Hall–Kier alpha value is -3.26. The molecule has 3 aromatic rings. The maximum Gasteiger partial charge on any atom is 0.434 e. The summed E-state index contributed by atoms with van der Waals surface area (Å²) in [4.78, 5) is 26.3. The maximum atomic E-state index is 14.4. The third kappa shape index (κ3) is 6.36. The number of likely N-dealkylation sites (tertiary alicyclic amines) is 1. The molecule has 1 aliphatic heterocycles. The lowest BCUT2D eigenvalue weighted by Crippen LogP contribution is -2.53. The molecule has 0 radical (unpaired) electrons. The van der Waals surface area contributed by atoms with E-state index in [0.717, 1.165) is 17.7 Å². The van der Waals surface area contributed by atoms with Crippen molar-refractivity contribution in [3.8, 4) is 5.88 Å². The van der Waals surface area contributed by atoms with Gasteiger partial charge in [0.15, 0.2) is 11.8 Å². The quantitative estimate of drug-likeness (QED) is 0.436. The number of carbonyl (C=O) groups is 1. The Morgan fingerprint density at radius 3 is 2.59 bits per heavy atom. The molecule has 198 valence electrons. The Kier molecular flexibility index (Phi) is 7.69. The molecule has 0 aromatic carbocycles. The predicted octanol–water partition coefficient (Wildman–Crippen LogP) is 4.61. The second-order valence-electron chi connectivity index (χ2n) is 8.50. The summed E-state index contributed by atoms with van der Waals surface area (Å²) in [6.45, 7) is 4.11. The lowest BCUT2D eigenvalue weighted by atomic mass is 10.0. The van der Waals surface area contributed by atoms with Crippen LogP contribution in [-0.2, 0) is 12.6 Å². The smallest absolute Gasteiger partial charge is 0.434 e. The van der Waals surface area contributed by atoms with Crippen LogP contribution in [0.1, 0.15) is 45.7 Å². The summed E-state index contributed by atoms with van der Waals surface area (Å²) in [5.74, 6) is -3.50. The molecule has 1 saturated heterocycles. The van der Waals surface area contributed by atoms with E-state index in [9.17, 15) is 26.7 Å². The molecule has 4 rings (SSSR count). The van der Waals surface area contributed by atoms with Gasteiger partial charge in [-0.3, -0.25) is 14.7 Å². The molecule has 37 heavy (non-hydrogen) atoms. The standard InChI is InChI=1S/C23H23F5N6O2S/c1-3-34-7-6-18(22(24,25)12-34)36-19-5-4-14(9-31-19)32-21(35)20-13(2)33-37-16(20)8-15-10-30-17(11-29-15)23(26,27)28/h4-5,9-11,18H,3,6-8,12H2,1-2H3,(H,32,35). The number of halogens is 5. The van der Waals surface area contributed by atoms with Crippen LogP contribution in [0.15, 0.2) is 30.7 Å². The van der Waals surface area contributed by atoms with Crippen LogP contribution in [0.3, 0.4) is 0 Å². The number of amides is 1. The van der Waals surface area contributed by atoms with Crippen molar-refractivity contribution in [1.82, 2.24) is 24.2 Å². The molecular formula is C23H23F5N6O2S. The lowest BCUT2D eigenvalue weighted by molar-refractivity contribution is -0.141. The molecule has 0 saturated carbocycles. The van der Waals surface area contributed by atoms with Gasteiger partial charge in [0, 0.05) is 36.5 Å². The second kappa shape index (κ2) is 10.6. The van der Waals surface area contributed by atoms with Gasteiger partial charge in [0.05, 0.1) is 41.6 Å². The van der Waals surface area contributed by atoms with Gasteiger partial charge in [-0.15, -0.1) is 0 Å². The van der Waals surface area contributed by atoms with Gasteiger partial charge in [0.1, 0.15) is 0 Å². The summed E-state index contributed by atoms with van der Waals surface area (Å²) in [7, 11) is 0. The molecule has 8 nitrogen and oxygen atoms in total. The molecule has 0 spiro atoms. The molecule has 3 aromatic heterocycles. The first-order valence-corrected chi connectivity index (χ1v) is 12.1. The van der Waals surface area contributed by atoms with Crippen LogP contribution in [-0.4, -0.2) is 61.8 Å². The third-order valence-electron chi connectivity index (χ3n) is 5.82. The largest absolute Gasteiger partial charge is 0.468 e. The topological polar surface area (TPSA) is 93.1 Å². The van der Waals surface area contributed by atoms with Crippen molar-refractivity contribution in [2.75, 3.05) is 25.0 Å². The van der Waals surface area contributed by atoms with Crippen molar-refractivity contribution < 1.29 is 31.5 Å². The number of pyridine rings is 1. The van der Waals surface area contributed by atoms with Crippen molar-refractivity contribution in [2.45, 2.75) is 44.9 Å². The van der Waals surface area contributed by atoms with E-state index in [2.05, 4.69) is 24.6 Å². The number of hydrogen-bond donors (Lipinski definition) is 1. The number of hydrogen-bond acceptors (Lipinski definition) is 8. The van der Waals surface area contributed by atoms with E-state index < -0.39 is 29.8 Å². The summed E-state index contributed by atoms with van der Waals surface area (Å²) in [5.41, 5.74) is 0.135. The number of carbonyl (C=O) groups excluding carboxylic acids is 1. The molecule has 1 atom stereocenters. The summed E-state index contributed by atoms with van der Waals surface area (Å²) >= 11 is 1.03. The van der Waals surface area contributed by atoms with Gasteiger partial charge in [-0.25, -0.2) is 18.7 Å². The summed E-state index contributed by atoms with van der Waals surface area (Å²) in [6.07, 6.45) is -2.71. The Bertz CT molecular complexity index is 1230. The SMILES string of the molecule is CCN1CCC(Oc2ccc(NC(=O)c3c(C)nsc3Cc3cnc(C(F)(F)F)cn3)cn2)C(F)(F)C1. The Morgan fingerprint density at radius 1 is 1.22 bits per heavy atom. The van der Waals surface area contributed by atoms with Gasteiger partial charge in [-0.2, -0.15) is 17.5 Å². The van der Waals surface area contributed by atoms with Gasteiger partial charge in [-0.05, 0) is 31.1 Å². The van der Waals surface area contributed by atoms with E-state index in [4.69, 9.17) is 4.74 Å². The lowest BCUT2D eigenvalue weighted by Gasteiger charge is -2.37. The van der Waals surface area contributed by atoms with Gasteiger partial charge in [0.25, 0.3) is 11.8 Å². The van der Waals surface area contributed by atoms with E-state index in [1.54, 1.807) is 11.8 Å². The molecule has 1 aliphatic rings. The zero-order valence-electron chi connectivity index (χ0n) is 19.9. The highest BCUT2D eigenvalue weighted by molar-refractivity contribution is 7.06. The number of piperidine rings is 1. The Labute approximate surface area is 213 Å². The number of alkyl halides is 5. The summed E-state index contributed by atoms with van der Waals surface area (Å²) < 4.78 is 76.6. The minimum atomic E-state index is -4.60. The molecule has 1 fully saturated rings. The molecular weight excluding hydrogens is 519 g/mol. The second-order valence-corrected chi connectivity index (χ2v) is 9.36. The van der Waals surface area contributed by atoms with E-state index in [0.29, 0.717) is 35.5 Å². The molecule has 0 aliphatic carbocycles. The Balaban J connectivity index is 1.41. The van der Waals surface area contributed by atoms with Crippen molar-refractivity contribution in [2.24, 2.45) is 0 Å². The highest BCUT2D eigenvalue weighted by Crippen LogP contribution is 2.31. The first-order valence-electron chi connectivity index (χ1n) is 11.3. The summed E-state index contributed by atoms with van der Waals surface area (Å²) in [6, 6.07) is 2.88.